The molecule has 138 valence electrons. The van der Waals surface area contributed by atoms with E-state index in [1.807, 2.05) is 35.9 Å². The van der Waals surface area contributed by atoms with Gasteiger partial charge in [0.05, 0.1) is 17.4 Å². The Hall–Kier alpha value is -1.99. The van der Waals surface area contributed by atoms with Gasteiger partial charge in [0, 0.05) is 30.5 Å². The molecule has 0 spiro atoms. The number of aromatic nitrogens is 2. The summed E-state index contributed by atoms with van der Waals surface area (Å²) in [5, 5.41) is 10.5. The topological polar surface area (TPSA) is 75.4 Å². The van der Waals surface area contributed by atoms with Crippen LogP contribution in [0.5, 0.6) is 0 Å². The maximum Gasteiger partial charge on any atom is 0.308 e. The molecule has 1 aromatic carbocycles. The number of likely N-dealkylation sites (tertiary alicyclic amines) is 1. The normalized spacial score (nSPS) is 17.3. The van der Waals surface area contributed by atoms with E-state index in [0.717, 1.165) is 17.7 Å². The minimum Gasteiger partial charge on any atom is -0.481 e. The maximum absolute atomic E-state index is 12.5. The number of carbonyl (C=O) groups is 2. The predicted molar refractivity (Wildman–Crippen MR) is 101 cm³/mol. The van der Waals surface area contributed by atoms with Crippen molar-refractivity contribution in [1.82, 2.24) is 14.5 Å². The van der Waals surface area contributed by atoms with E-state index >= 15 is 0 Å². The third-order valence-corrected chi connectivity index (χ3v) is 5.91. The van der Waals surface area contributed by atoms with Crippen LogP contribution in [-0.4, -0.2) is 50.3 Å². The van der Waals surface area contributed by atoms with Gasteiger partial charge in [-0.05, 0) is 37.5 Å². The lowest BCUT2D eigenvalue weighted by atomic mass is 9.98. The summed E-state index contributed by atoms with van der Waals surface area (Å²) in [6.45, 7) is 2.85. The highest BCUT2D eigenvalue weighted by Crippen LogP contribution is 2.27. The van der Waals surface area contributed by atoms with Crippen LogP contribution in [0.25, 0.3) is 5.69 Å². The highest BCUT2D eigenvalue weighted by Gasteiger charge is 2.28. The van der Waals surface area contributed by atoms with E-state index in [1.165, 1.54) is 11.8 Å². The summed E-state index contributed by atoms with van der Waals surface area (Å²) in [5.74, 6) is -1.13. The maximum atomic E-state index is 12.5. The van der Waals surface area contributed by atoms with Crippen molar-refractivity contribution in [2.24, 2.45) is 5.92 Å². The number of carbonyl (C=O) groups excluding carboxylic acids is 1. The van der Waals surface area contributed by atoms with Gasteiger partial charge >= 0.3 is 5.97 Å². The molecule has 1 unspecified atom stereocenters. The average molecular weight is 394 g/mol. The second-order valence-corrected chi connectivity index (χ2v) is 7.62. The Morgan fingerprint density at radius 3 is 3.00 bits per heavy atom. The van der Waals surface area contributed by atoms with Crippen molar-refractivity contribution in [3.8, 4) is 5.69 Å². The van der Waals surface area contributed by atoms with Crippen LogP contribution in [-0.2, 0) is 9.59 Å². The summed E-state index contributed by atoms with van der Waals surface area (Å²) in [4.78, 5) is 29.6. The van der Waals surface area contributed by atoms with Crippen LogP contribution in [0.2, 0.25) is 5.02 Å². The molecule has 2 heterocycles. The highest BCUT2D eigenvalue weighted by molar-refractivity contribution is 7.99. The molecule has 26 heavy (non-hydrogen) atoms. The molecule has 0 aliphatic carbocycles. The quantitative estimate of drug-likeness (QED) is 0.789. The van der Waals surface area contributed by atoms with E-state index in [2.05, 4.69) is 4.98 Å². The van der Waals surface area contributed by atoms with Crippen molar-refractivity contribution in [1.29, 1.82) is 0 Å². The van der Waals surface area contributed by atoms with Crippen LogP contribution in [0, 0.1) is 12.8 Å². The third kappa shape index (κ3) is 4.04. The number of carboxylic acid groups (broad SMARTS) is 1. The zero-order valence-electron chi connectivity index (χ0n) is 14.4. The van der Waals surface area contributed by atoms with Crippen LogP contribution < -0.4 is 0 Å². The van der Waals surface area contributed by atoms with Gasteiger partial charge in [0.1, 0.15) is 0 Å². The van der Waals surface area contributed by atoms with E-state index in [0.29, 0.717) is 23.1 Å². The Kier molecular flexibility index (Phi) is 5.88. The van der Waals surface area contributed by atoms with Crippen molar-refractivity contribution in [2.45, 2.75) is 24.9 Å². The number of piperidine rings is 1. The molecule has 6 nitrogen and oxygen atoms in total. The van der Waals surface area contributed by atoms with Gasteiger partial charge in [0.15, 0.2) is 5.16 Å². The Bertz CT molecular complexity index is 824. The molecule has 1 saturated heterocycles. The molecule has 0 bridgehead atoms. The summed E-state index contributed by atoms with van der Waals surface area (Å²) >= 11 is 7.55. The fourth-order valence-electron chi connectivity index (χ4n) is 3.06. The summed E-state index contributed by atoms with van der Waals surface area (Å²) in [6.07, 6.45) is 4.88. The molecule has 0 radical (unpaired) electrons. The number of rotatable bonds is 5. The van der Waals surface area contributed by atoms with Crippen molar-refractivity contribution in [3.63, 3.8) is 0 Å². The summed E-state index contributed by atoms with van der Waals surface area (Å²) in [6, 6.07) is 5.67. The third-order valence-electron chi connectivity index (χ3n) is 4.55. The van der Waals surface area contributed by atoms with E-state index in [-0.39, 0.29) is 18.2 Å². The zero-order chi connectivity index (χ0) is 18.7. The Labute approximate surface area is 161 Å². The van der Waals surface area contributed by atoms with Crippen LogP contribution in [0.4, 0.5) is 0 Å². The number of hydrogen-bond donors (Lipinski definition) is 1. The number of amides is 1. The molecule has 2 aromatic rings. The standard InChI is InChI=1S/C18H20ClN3O3S/c1-12-14(19)5-2-6-15(12)22-9-7-20-18(22)26-11-16(23)21-8-3-4-13(10-21)17(24)25/h2,5-7,9,13H,3-4,8,10-11H2,1H3,(H,24,25). The summed E-state index contributed by atoms with van der Waals surface area (Å²) < 4.78 is 1.91. The van der Waals surface area contributed by atoms with Gasteiger partial charge in [-0.2, -0.15) is 0 Å². The zero-order valence-corrected chi connectivity index (χ0v) is 16.0. The van der Waals surface area contributed by atoms with Crippen molar-refractivity contribution in [2.75, 3.05) is 18.8 Å². The molecule has 3 rings (SSSR count). The van der Waals surface area contributed by atoms with Gasteiger partial charge in [-0.3, -0.25) is 14.2 Å². The highest BCUT2D eigenvalue weighted by atomic mass is 35.5. The van der Waals surface area contributed by atoms with Gasteiger partial charge in [0.2, 0.25) is 5.91 Å². The molecule has 8 heteroatoms. The molecule has 1 amide bonds. The minimum atomic E-state index is -0.831. The van der Waals surface area contributed by atoms with Gasteiger partial charge in [-0.15, -0.1) is 0 Å². The van der Waals surface area contributed by atoms with Crippen molar-refractivity contribution < 1.29 is 14.7 Å². The largest absolute Gasteiger partial charge is 0.481 e. The van der Waals surface area contributed by atoms with Gasteiger partial charge in [-0.25, -0.2) is 4.98 Å². The monoisotopic (exact) mass is 393 g/mol. The fraction of sp³-hybridized carbons (Fsp3) is 0.389. The Morgan fingerprint density at radius 2 is 2.23 bits per heavy atom. The first-order valence-corrected chi connectivity index (χ1v) is 9.76. The molecule has 1 fully saturated rings. The lowest BCUT2D eigenvalue weighted by Gasteiger charge is -2.30. The fourth-order valence-corrected chi connectivity index (χ4v) is 4.10. The number of carboxylic acids is 1. The smallest absolute Gasteiger partial charge is 0.308 e. The molecule has 1 aromatic heterocycles. The van der Waals surface area contributed by atoms with Gasteiger partial charge in [-0.1, -0.05) is 29.4 Å². The number of nitrogens with zero attached hydrogens (tertiary/aromatic N) is 3. The van der Waals surface area contributed by atoms with Crippen molar-refractivity contribution in [3.05, 3.63) is 41.2 Å². The number of halogens is 1. The first kappa shape index (κ1) is 18.8. The SMILES string of the molecule is Cc1c(Cl)cccc1-n1ccnc1SCC(=O)N1CCCC(C(=O)O)C1. The first-order valence-electron chi connectivity index (χ1n) is 8.39. The van der Waals surface area contributed by atoms with Crippen LogP contribution in [0.1, 0.15) is 18.4 Å². The second kappa shape index (κ2) is 8.14. The van der Waals surface area contributed by atoms with E-state index in [9.17, 15) is 9.59 Å². The number of benzene rings is 1. The average Bonchev–Trinajstić information content (AvgIpc) is 3.10. The second-order valence-electron chi connectivity index (χ2n) is 6.27. The van der Waals surface area contributed by atoms with E-state index in [1.54, 1.807) is 11.1 Å². The lowest BCUT2D eigenvalue weighted by molar-refractivity contribution is -0.145. The van der Waals surface area contributed by atoms with Crippen LogP contribution in [0.3, 0.4) is 0 Å². The summed E-state index contributed by atoms with van der Waals surface area (Å²) in [7, 11) is 0. The minimum absolute atomic E-state index is 0.0571. The number of imidazole rings is 1. The van der Waals surface area contributed by atoms with Crippen molar-refractivity contribution >= 4 is 35.2 Å². The van der Waals surface area contributed by atoms with E-state index < -0.39 is 11.9 Å². The molecule has 1 aliphatic rings. The molecule has 1 aliphatic heterocycles. The molecule has 1 atom stereocenters. The predicted octanol–water partition coefficient (Wildman–Crippen LogP) is 3.25. The number of thioether (sulfide) groups is 1. The number of hydrogen-bond acceptors (Lipinski definition) is 4. The molecular weight excluding hydrogens is 374 g/mol. The van der Waals surface area contributed by atoms with E-state index in [4.69, 9.17) is 16.7 Å². The van der Waals surface area contributed by atoms with Crippen LogP contribution >= 0.6 is 23.4 Å². The number of aliphatic carboxylic acids is 1. The molecule has 0 saturated carbocycles. The summed E-state index contributed by atoms with van der Waals surface area (Å²) in [5.41, 5.74) is 1.87. The lowest BCUT2D eigenvalue weighted by Crippen LogP contribution is -2.43. The van der Waals surface area contributed by atoms with Crippen LogP contribution in [0.15, 0.2) is 35.7 Å². The Balaban J connectivity index is 1.68. The van der Waals surface area contributed by atoms with Gasteiger partial charge < -0.3 is 10.0 Å². The molecular formula is C18H20ClN3O3S. The van der Waals surface area contributed by atoms with Gasteiger partial charge in [0.25, 0.3) is 0 Å². The Morgan fingerprint density at radius 1 is 1.42 bits per heavy atom. The first-order chi connectivity index (χ1) is 12.5. The molecule has 1 N–H and O–H groups in total.